The largest absolute Gasteiger partial charge is 0.495 e. The number of ether oxygens (including phenoxy) is 1. The summed E-state index contributed by atoms with van der Waals surface area (Å²) in [4.78, 5) is 0.0410. The van der Waals surface area contributed by atoms with Crippen LogP contribution >= 0.6 is 11.6 Å². The van der Waals surface area contributed by atoms with Gasteiger partial charge in [0.1, 0.15) is 11.9 Å². The van der Waals surface area contributed by atoms with Crippen molar-refractivity contribution in [3.8, 4) is 11.4 Å². The summed E-state index contributed by atoms with van der Waals surface area (Å²) in [6.07, 6.45) is 2.97. The van der Waals surface area contributed by atoms with E-state index in [0.717, 1.165) is 21.7 Å². The molecule has 8 heteroatoms. The molecule has 4 rings (SSSR count). The molecular formula is C18H13ClN3O3S. The van der Waals surface area contributed by atoms with Crippen molar-refractivity contribution in [1.82, 2.24) is 9.78 Å². The van der Waals surface area contributed by atoms with Crippen LogP contribution in [0.5, 0.6) is 5.75 Å². The molecule has 4 aromatic rings. The van der Waals surface area contributed by atoms with Gasteiger partial charge in [-0.25, -0.2) is 18.2 Å². The highest BCUT2D eigenvalue weighted by atomic mass is 35.5. The highest BCUT2D eigenvalue weighted by Gasteiger charge is 2.14. The van der Waals surface area contributed by atoms with Crippen molar-refractivity contribution in [3.63, 3.8) is 0 Å². The molecule has 26 heavy (non-hydrogen) atoms. The number of rotatable bonds is 3. The molecule has 0 aliphatic rings. The number of fused-ring (bicyclic) bond motifs is 3. The summed E-state index contributed by atoms with van der Waals surface area (Å²) in [5.41, 5.74) is 1.50. The molecular weight excluding hydrogens is 374 g/mol. The molecule has 0 fully saturated rings. The number of halogens is 1. The van der Waals surface area contributed by atoms with Crippen LogP contribution in [0.25, 0.3) is 27.4 Å². The van der Waals surface area contributed by atoms with Gasteiger partial charge in [0.05, 0.1) is 28.2 Å². The lowest BCUT2D eigenvalue weighted by Crippen LogP contribution is -2.12. The monoisotopic (exact) mass is 386 g/mol. The van der Waals surface area contributed by atoms with Crippen molar-refractivity contribution >= 4 is 43.3 Å². The first kappa shape index (κ1) is 16.8. The summed E-state index contributed by atoms with van der Waals surface area (Å²) in [6.45, 7) is 0. The molecule has 0 unspecified atom stereocenters. The molecule has 0 bridgehead atoms. The predicted octanol–water partition coefficient (Wildman–Crippen LogP) is 3.29. The molecule has 6 nitrogen and oxygen atoms in total. The summed E-state index contributed by atoms with van der Waals surface area (Å²) in [6, 6.07) is 13.7. The van der Waals surface area contributed by atoms with Crippen LogP contribution in [0.15, 0.2) is 53.4 Å². The van der Waals surface area contributed by atoms with Crippen molar-refractivity contribution in [1.29, 1.82) is 0 Å². The molecule has 1 heterocycles. The molecule has 0 saturated heterocycles. The fourth-order valence-electron chi connectivity index (χ4n) is 2.93. The number of aromatic nitrogens is 2. The second-order valence-corrected chi connectivity index (χ2v) is 7.64. The molecule has 1 radical (unpaired) electrons. The van der Waals surface area contributed by atoms with E-state index in [9.17, 15) is 8.42 Å². The van der Waals surface area contributed by atoms with Crippen LogP contribution < -0.4 is 9.88 Å². The summed E-state index contributed by atoms with van der Waals surface area (Å²) in [7, 11) is -2.18. The van der Waals surface area contributed by atoms with Crippen LogP contribution in [0.1, 0.15) is 0 Å². The number of hydrogen-bond acceptors (Lipinski definition) is 4. The summed E-state index contributed by atoms with van der Waals surface area (Å²) in [5.74, 6) is 0.589. The first-order valence-electron chi connectivity index (χ1n) is 7.59. The molecule has 2 N–H and O–H groups in total. The van der Waals surface area contributed by atoms with Gasteiger partial charge in [-0.1, -0.05) is 17.7 Å². The van der Waals surface area contributed by atoms with Crippen LogP contribution in [0.2, 0.25) is 5.02 Å². The van der Waals surface area contributed by atoms with E-state index < -0.39 is 10.0 Å². The normalized spacial score (nSPS) is 12.0. The molecule has 0 spiro atoms. The minimum Gasteiger partial charge on any atom is -0.495 e. The molecule has 0 aliphatic heterocycles. The van der Waals surface area contributed by atoms with Crippen molar-refractivity contribution < 1.29 is 13.2 Å². The average Bonchev–Trinajstić information content (AvgIpc) is 3.06. The maximum Gasteiger partial charge on any atom is 0.238 e. The molecule has 0 amide bonds. The van der Waals surface area contributed by atoms with E-state index >= 15 is 0 Å². The van der Waals surface area contributed by atoms with Gasteiger partial charge < -0.3 is 4.74 Å². The van der Waals surface area contributed by atoms with Crippen molar-refractivity contribution in [2.24, 2.45) is 5.14 Å². The number of benzene rings is 3. The highest BCUT2D eigenvalue weighted by Crippen LogP contribution is 2.36. The molecule has 1 aromatic heterocycles. The van der Waals surface area contributed by atoms with E-state index in [-0.39, 0.29) is 4.90 Å². The third-order valence-corrected chi connectivity index (χ3v) is 5.50. The van der Waals surface area contributed by atoms with Gasteiger partial charge in [0.15, 0.2) is 0 Å². The molecule has 0 atom stereocenters. The second kappa shape index (κ2) is 5.98. The van der Waals surface area contributed by atoms with Gasteiger partial charge in [-0.2, -0.15) is 5.10 Å². The summed E-state index contributed by atoms with van der Waals surface area (Å²) < 4.78 is 29.8. The van der Waals surface area contributed by atoms with E-state index in [1.54, 1.807) is 30.0 Å². The zero-order valence-electron chi connectivity index (χ0n) is 13.6. The number of hydrogen-bond donors (Lipinski definition) is 1. The maximum atomic E-state index is 11.4. The topological polar surface area (TPSA) is 87.2 Å². The second-order valence-electron chi connectivity index (χ2n) is 5.70. The van der Waals surface area contributed by atoms with Gasteiger partial charge in [-0.15, -0.1) is 0 Å². The smallest absolute Gasteiger partial charge is 0.238 e. The first-order chi connectivity index (χ1) is 12.4. The average molecular weight is 387 g/mol. The van der Waals surface area contributed by atoms with Crippen LogP contribution in [0.4, 0.5) is 0 Å². The zero-order valence-corrected chi connectivity index (χ0v) is 15.2. The van der Waals surface area contributed by atoms with Crippen LogP contribution in [0.3, 0.4) is 0 Å². The minimum atomic E-state index is -3.75. The molecule has 3 aromatic carbocycles. The zero-order chi connectivity index (χ0) is 18.5. The van der Waals surface area contributed by atoms with Crippen molar-refractivity contribution in [2.45, 2.75) is 4.90 Å². The third kappa shape index (κ3) is 2.61. The van der Waals surface area contributed by atoms with Crippen LogP contribution in [-0.4, -0.2) is 25.3 Å². The number of sulfonamides is 1. The van der Waals surface area contributed by atoms with Gasteiger partial charge in [0.25, 0.3) is 0 Å². The van der Waals surface area contributed by atoms with Gasteiger partial charge >= 0.3 is 0 Å². The van der Waals surface area contributed by atoms with E-state index in [1.165, 1.54) is 12.1 Å². The Bertz CT molecular complexity index is 1250. The molecule has 0 saturated carbocycles. The van der Waals surface area contributed by atoms with Gasteiger partial charge in [-0.05, 0) is 42.5 Å². The third-order valence-electron chi connectivity index (χ3n) is 4.18. The highest BCUT2D eigenvalue weighted by molar-refractivity contribution is 7.89. The van der Waals surface area contributed by atoms with E-state index in [2.05, 4.69) is 11.3 Å². The Morgan fingerprint density at radius 3 is 2.42 bits per heavy atom. The fraction of sp³-hybridized carbons (Fsp3) is 0.0556. The van der Waals surface area contributed by atoms with Gasteiger partial charge in [-0.3, -0.25) is 0 Å². The number of nitrogens with two attached hydrogens (primary N) is 1. The number of methoxy groups -OCH3 is 1. The fourth-order valence-corrected chi connectivity index (χ4v) is 3.75. The van der Waals surface area contributed by atoms with E-state index in [1.807, 2.05) is 18.2 Å². The quantitative estimate of drug-likeness (QED) is 0.585. The molecule has 131 valence electrons. The van der Waals surface area contributed by atoms with Crippen LogP contribution in [0, 0.1) is 6.20 Å². The summed E-state index contributed by atoms with van der Waals surface area (Å²) >= 11 is 6.43. The lowest BCUT2D eigenvalue weighted by molar-refractivity contribution is 0.415. The Labute approximate surface area is 154 Å². The first-order valence-corrected chi connectivity index (χ1v) is 9.51. The standard InChI is InChI=1S/C18H13ClN3O3S/c1-25-16-9-8-15-14(17(16)19)7-2-11-10-21-22(18(11)15)12-3-5-13(6-4-12)26(20,23)24/h2-9H,1H3,(H2,20,23,24). The van der Waals surface area contributed by atoms with E-state index in [4.69, 9.17) is 21.5 Å². The van der Waals surface area contributed by atoms with Gasteiger partial charge in [0, 0.05) is 16.2 Å². The van der Waals surface area contributed by atoms with Crippen LogP contribution in [-0.2, 0) is 10.0 Å². The Morgan fingerprint density at radius 2 is 1.77 bits per heavy atom. The van der Waals surface area contributed by atoms with Crippen molar-refractivity contribution in [2.75, 3.05) is 7.11 Å². The lowest BCUT2D eigenvalue weighted by Gasteiger charge is -2.10. The Balaban J connectivity index is 1.98. The van der Waals surface area contributed by atoms with Gasteiger partial charge in [0.2, 0.25) is 10.0 Å². The van der Waals surface area contributed by atoms with E-state index in [0.29, 0.717) is 16.5 Å². The predicted molar refractivity (Wildman–Crippen MR) is 100 cm³/mol. The Morgan fingerprint density at radius 1 is 1.08 bits per heavy atom. The number of nitrogens with zero attached hydrogens (tertiary/aromatic N) is 2. The lowest BCUT2D eigenvalue weighted by atomic mass is 10.1. The molecule has 0 aliphatic carbocycles. The maximum absolute atomic E-state index is 11.4. The minimum absolute atomic E-state index is 0.0410. The Hall–Kier alpha value is -2.61. The van der Waals surface area contributed by atoms with Crippen molar-refractivity contribution in [3.05, 3.63) is 59.8 Å². The SMILES string of the molecule is COc1ccc2c(ccc3[c]nn(-c4ccc(S(N)(=O)=O)cc4)c32)c1Cl. The Kier molecular flexibility index (Phi) is 3.87. The number of primary sulfonamides is 1. The summed E-state index contributed by atoms with van der Waals surface area (Å²) in [5, 5.41) is 12.5.